The number of rotatable bonds is 14. The summed E-state index contributed by atoms with van der Waals surface area (Å²) in [5.41, 5.74) is 0.176. The molecule has 1 heterocycles. The average Bonchev–Trinajstić information content (AvgIpc) is 3.43. The third-order valence-corrected chi connectivity index (χ3v) is 10.7. The molecule has 0 saturated heterocycles. The molecule has 0 radical (unpaired) electrons. The van der Waals surface area contributed by atoms with E-state index in [9.17, 15) is 44.7 Å². The predicted molar refractivity (Wildman–Crippen MR) is 200 cm³/mol. The van der Waals surface area contributed by atoms with Crippen LogP contribution < -0.4 is 9.46 Å². The monoisotopic (exact) mass is 814 g/mol. The standard InChI is InChI=1S/C41H33ClF6N2O5S/c42-32-13-16-36-35(24-32)34(18-20-55-33-14-11-29(12-15-33)39(51)52)37(50(36)38(27-7-3-1-4-8-27)28-9-5-2-6-10-28)17-19-49-56(53,54)25-26-21-30(40(43,44)45)23-31(22-26)41(46,47)48/h1-16,21-24,38,49H,17-20,25H2,(H,51,52). The van der Waals surface area contributed by atoms with Gasteiger partial charge in [0.1, 0.15) is 5.75 Å². The van der Waals surface area contributed by atoms with Crippen LogP contribution in [0.1, 0.15) is 55.5 Å². The summed E-state index contributed by atoms with van der Waals surface area (Å²) in [7, 11) is -4.46. The van der Waals surface area contributed by atoms with Crippen LogP contribution in [0.2, 0.25) is 5.02 Å². The molecule has 0 unspecified atom stereocenters. The number of sulfonamides is 1. The minimum absolute atomic E-state index is 0.0424. The number of halogens is 7. The molecule has 0 aliphatic carbocycles. The zero-order chi connectivity index (χ0) is 40.3. The first kappa shape index (κ1) is 40.4. The van der Waals surface area contributed by atoms with Gasteiger partial charge in [-0.3, -0.25) is 0 Å². The van der Waals surface area contributed by atoms with Crippen molar-refractivity contribution in [2.75, 3.05) is 13.2 Å². The topological polar surface area (TPSA) is 97.6 Å². The van der Waals surface area contributed by atoms with Crippen LogP contribution in [-0.2, 0) is 41.0 Å². The Bertz CT molecular complexity index is 2370. The van der Waals surface area contributed by atoms with E-state index >= 15 is 0 Å². The van der Waals surface area contributed by atoms with Gasteiger partial charge in [-0.05, 0) is 82.9 Å². The number of benzene rings is 5. The SMILES string of the molecule is O=C(O)c1ccc(OCCc2c(CCNS(=O)(=O)Cc3cc(C(F)(F)F)cc(C(F)(F)F)c3)n(C(c3ccccc3)c3ccccc3)c3ccc(Cl)cc23)cc1. The Morgan fingerprint density at radius 3 is 1.88 bits per heavy atom. The molecule has 15 heteroatoms. The molecular weight excluding hydrogens is 782 g/mol. The molecule has 5 aromatic carbocycles. The van der Waals surface area contributed by atoms with E-state index in [1.807, 2.05) is 66.7 Å². The molecule has 0 aliphatic rings. The molecule has 0 spiro atoms. The predicted octanol–water partition coefficient (Wildman–Crippen LogP) is 9.95. The molecule has 0 bridgehead atoms. The van der Waals surface area contributed by atoms with Crippen LogP contribution in [0.5, 0.6) is 5.75 Å². The van der Waals surface area contributed by atoms with Gasteiger partial charge in [0.2, 0.25) is 10.0 Å². The first-order valence-electron chi connectivity index (χ1n) is 17.1. The summed E-state index contributed by atoms with van der Waals surface area (Å²) in [4.78, 5) is 11.3. The van der Waals surface area contributed by atoms with Crippen molar-refractivity contribution in [1.82, 2.24) is 9.29 Å². The number of nitrogens with one attached hydrogen (secondary N) is 1. The smallest absolute Gasteiger partial charge is 0.416 e. The summed E-state index contributed by atoms with van der Waals surface area (Å²) in [6.45, 7) is -0.145. The Morgan fingerprint density at radius 2 is 1.34 bits per heavy atom. The number of aromatic carboxylic acids is 1. The summed E-state index contributed by atoms with van der Waals surface area (Å²) in [5, 5.41) is 10.4. The maximum Gasteiger partial charge on any atom is 0.416 e. The molecule has 56 heavy (non-hydrogen) atoms. The van der Waals surface area contributed by atoms with Gasteiger partial charge in [-0.15, -0.1) is 0 Å². The van der Waals surface area contributed by atoms with Crippen molar-refractivity contribution in [3.63, 3.8) is 0 Å². The number of carboxylic acid groups (broad SMARTS) is 1. The van der Waals surface area contributed by atoms with Crippen molar-refractivity contribution in [2.45, 2.75) is 37.0 Å². The third kappa shape index (κ3) is 9.55. The van der Waals surface area contributed by atoms with Crippen molar-refractivity contribution < 1.29 is 49.4 Å². The normalized spacial score (nSPS) is 12.4. The van der Waals surface area contributed by atoms with Crippen molar-refractivity contribution in [3.8, 4) is 5.75 Å². The van der Waals surface area contributed by atoms with Crippen molar-refractivity contribution in [2.24, 2.45) is 0 Å². The van der Waals surface area contributed by atoms with Gasteiger partial charge < -0.3 is 14.4 Å². The van der Waals surface area contributed by atoms with Crippen LogP contribution >= 0.6 is 11.6 Å². The van der Waals surface area contributed by atoms with Gasteiger partial charge in [0, 0.05) is 41.0 Å². The average molecular weight is 815 g/mol. The van der Waals surface area contributed by atoms with E-state index in [0.717, 1.165) is 27.6 Å². The highest BCUT2D eigenvalue weighted by atomic mass is 35.5. The van der Waals surface area contributed by atoms with Gasteiger partial charge in [-0.1, -0.05) is 72.3 Å². The zero-order valence-electron chi connectivity index (χ0n) is 29.2. The molecule has 0 fully saturated rings. The van der Waals surface area contributed by atoms with Crippen molar-refractivity contribution in [3.05, 3.63) is 171 Å². The highest BCUT2D eigenvalue weighted by Gasteiger charge is 2.37. The lowest BCUT2D eigenvalue weighted by atomic mass is 9.97. The largest absolute Gasteiger partial charge is 0.493 e. The van der Waals surface area contributed by atoms with Crippen LogP contribution in [0.15, 0.2) is 121 Å². The number of fused-ring (bicyclic) bond motifs is 1. The summed E-state index contributed by atoms with van der Waals surface area (Å²) in [6.07, 6.45) is -9.95. The molecule has 7 nitrogen and oxygen atoms in total. The molecule has 1 aromatic heterocycles. The fourth-order valence-corrected chi connectivity index (χ4v) is 7.97. The van der Waals surface area contributed by atoms with E-state index in [-0.39, 0.29) is 37.6 Å². The second kappa shape index (κ2) is 16.4. The lowest BCUT2D eigenvalue weighted by molar-refractivity contribution is -0.143. The molecular formula is C41H33ClF6N2O5S. The fraction of sp³-hybridized carbons (Fsp3) is 0.195. The third-order valence-electron chi connectivity index (χ3n) is 9.08. The minimum atomic E-state index is -5.14. The second-order valence-electron chi connectivity index (χ2n) is 12.9. The van der Waals surface area contributed by atoms with Crippen LogP contribution in [-0.4, -0.2) is 37.2 Å². The van der Waals surface area contributed by atoms with Gasteiger partial charge in [0.05, 0.1) is 35.1 Å². The van der Waals surface area contributed by atoms with Gasteiger partial charge in [0.25, 0.3) is 0 Å². The summed E-state index contributed by atoms with van der Waals surface area (Å²) < 4.78 is 118. The van der Waals surface area contributed by atoms with Gasteiger partial charge >= 0.3 is 18.3 Å². The van der Waals surface area contributed by atoms with Crippen molar-refractivity contribution >= 4 is 38.5 Å². The lowest BCUT2D eigenvalue weighted by Gasteiger charge is -2.25. The maximum absolute atomic E-state index is 13.5. The van der Waals surface area contributed by atoms with Gasteiger partial charge in [0.15, 0.2) is 0 Å². The van der Waals surface area contributed by atoms with Crippen LogP contribution in [0.3, 0.4) is 0 Å². The van der Waals surface area contributed by atoms with E-state index in [4.69, 9.17) is 16.3 Å². The Labute approximate surface area is 323 Å². The van der Waals surface area contributed by atoms with Gasteiger partial charge in [-0.2, -0.15) is 26.3 Å². The molecule has 292 valence electrons. The number of aromatic nitrogens is 1. The molecule has 0 aliphatic heterocycles. The fourth-order valence-electron chi connectivity index (χ4n) is 6.68. The number of alkyl halides is 6. The Balaban J connectivity index is 1.38. The van der Waals surface area contributed by atoms with Crippen molar-refractivity contribution in [1.29, 1.82) is 0 Å². The van der Waals surface area contributed by atoms with Crippen LogP contribution in [0, 0.1) is 0 Å². The first-order valence-corrected chi connectivity index (χ1v) is 19.2. The molecule has 0 saturated carbocycles. The van der Waals surface area contributed by atoms with Gasteiger partial charge in [-0.25, -0.2) is 17.9 Å². The summed E-state index contributed by atoms with van der Waals surface area (Å²) in [6, 6.07) is 30.7. The summed E-state index contributed by atoms with van der Waals surface area (Å²) >= 11 is 6.53. The van der Waals surface area contributed by atoms with Crippen LogP contribution in [0.4, 0.5) is 26.3 Å². The second-order valence-corrected chi connectivity index (χ2v) is 15.2. The first-order chi connectivity index (χ1) is 26.5. The van der Waals surface area contributed by atoms with E-state index in [0.29, 0.717) is 28.6 Å². The number of carbonyl (C=O) groups is 1. The Kier molecular flexibility index (Phi) is 11.8. The van der Waals surface area contributed by atoms with E-state index in [1.165, 1.54) is 24.3 Å². The van der Waals surface area contributed by atoms with E-state index < -0.39 is 56.8 Å². The highest BCUT2D eigenvalue weighted by Crippen LogP contribution is 2.39. The Morgan fingerprint density at radius 1 is 0.768 bits per heavy atom. The number of ether oxygens (including phenoxy) is 1. The summed E-state index contributed by atoms with van der Waals surface area (Å²) in [5.74, 6) is -1.80. The van der Waals surface area contributed by atoms with E-state index in [2.05, 4.69) is 9.29 Å². The quantitative estimate of drug-likeness (QED) is 0.107. The van der Waals surface area contributed by atoms with E-state index in [1.54, 1.807) is 12.1 Å². The van der Waals surface area contributed by atoms with Crippen LogP contribution in [0.25, 0.3) is 10.9 Å². The zero-order valence-corrected chi connectivity index (χ0v) is 30.8. The molecule has 6 rings (SSSR count). The number of carboxylic acids is 1. The minimum Gasteiger partial charge on any atom is -0.493 e. The number of nitrogens with zero attached hydrogens (tertiary/aromatic N) is 1. The molecule has 6 aromatic rings. The number of hydrogen-bond acceptors (Lipinski definition) is 4. The maximum atomic E-state index is 13.5. The number of hydrogen-bond donors (Lipinski definition) is 2. The molecule has 2 N–H and O–H groups in total. The lowest BCUT2D eigenvalue weighted by Crippen LogP contribution is -2.29. The highest BCUT2D eigenvalue weighted by molar-refractivity contribution is 7.88. The molecule has 0 amide bonds. The molecule has 0 atom stereocenters. The Hall–Kier alpha value is -5.31.